The Labute approximate surface area is 196 Å². The van der Waals surface area contributed by atoms with Crippen LogP contribution >= 0.6 is 0 Å². The molecule has 0 heterocycles. The lowest BCUT2D eigenvalue weighted by molar-refractivity contribution is 0.0949. The molecule has 2 amide bonds. The third-order valence-corrected chi connectivity index (χ3v) is 5.31. The minimum absolute atomic E-state index is 0.189. The van der Waals surface area contributed by atoms with Crippen molar-refractivity contribution in [1.29, 1.82) is 0 Å². The molecule has 2 N–H and O–H groups in total. The van der Waals surface area contributed by atoms with Crippen LogP contribution in [0.2, 0.25) is 0 Å². The van der Waals surface area contributed by atoms with E-state index in [0.717, 1.165) is 17.7 Å². The molecule has 5 nitrogen and oxygen atoms in total. The minimum atomic E-state index is -0.233. The zero-order valence-corrected chi connectivity index (χ0v) is 19.2. The number of hydrogen-bond donors (Lipinski definition) is 2. The molecule has 0 aliphatic rings. The van der Waals surface area contributed by atoms with Crippen LogP contribution in [0.3, 0.4) is 0 Å². The molecule has 0 unspecified atom stereocenters. The monoisotopic (exact) mass is 444 g/mol. The number of ether oxygens (including phenoxy) is 1. The van der Waals surface area contributed by atoms with Crippen molar-refractivity contribution in [2.24, 2.45) is 0 Å². The van der Waals surface area contributed by atoms with Crippen molar-refractivity contribution in [3.05, 3.63) is 95.6 Å². The van der Waals surface area contributed by atoms with E-state index < -0.39 is 0 Å². The van der Waals surface area contributed by atoms with Gasteiger partial charge >= 0.3 is 0 Å². The first-order valence-electron chi connectivity index (χ1n) is 11.6. The van der Waals surface area contributed by atoms with Crippen molar-refractivity contribution in [2.45, 2.75) is 45.6 Å². The van der Waals surface area contributed by atoms with Gasteiger partial charge in [0.05, 0.1) is 6.61 Å². The fraction of sp³-hybridized carbons (Fsp3) is 0.286. The molecule has 33 heavy (non-hydrogen) atoms. The van der Waals surface area contributed by atoms with Crippen molar-refractivity contribution in [2.75, 3.05) is 11.9 Å². The van der Waals surface area contributed by atoms with Gasteiger partial charge in [-0.2, -0.15) is 0 Å². The SMILES string of the molecule is CCCCCCCOc1ccc(C(=O)Nc2cccc(C(=O)NCc3ccccc3)c2)cc1. The van der Waals surface area contributed by atoms with Crippen LogP contribution in [0.5, 0.6) is 5.75 Å². The normalized spacial score (nSPS) is 10.5. The van der Waals surface area contributed by atoms with Crippen molar-refractivity contribution in [3.8, 4) is 5.75 Å². The van der Waals surface area contributed by atoms with E-state index >= 15 is 0 Å². The first-order chi connectivity index (χ1) is 16.2. The molecule has 0 aromatic heterocycles. The number of unbranched alkanes of at least 4 members (excludes halogenated alkanes) is 4. The van der Waals surface area contributed by atoms with Gasteiger partial charge in [-0.15, -0.1) is 0 Å². The van der Waals surface area contributed by atoms with E-state index in [1.807, 2.05) is 42.5 Å². The molecule has 3 rings (SSSR count). The molecule has 172 valence electrons. The van der Waals surface area contributed by atoms with Gasteiger partial charge in [0.15, 0.2) is 0 Å². The van der Waals surface area contributed by atoms with Gasteiger partial charge < -0.3 is 15.4 Å². The lowest BCUT2D eigenvalue weighted by Gasteiger charge is -2.10. The number of carbonyl (C=O) groups is 2. The highest BCUT2D eigenvalue weighted by Gasteiger charge is 2.10. The van der Waals surface area contributed by atoms with E-state index in [1.54, 1.807) is 36.4 Å². The van der Waals surface area contributed by atoms with Crippen molar-refractivity contribution < 1.29 is 14.3 Å². The van der Waals surface area contributed by atoms with E-state index in [4.69, 9.17) is 4.74 Å². The van der Waals surface area contributed by atoms with E-state index in [9.17, 15) is 9.59 Å². The summed E-state index contributed by atoms with van der Waals surface area (Å²) in [6, 6.07) is 23.8. The summed E-state index contributed by atoms with van der Waals surface area (Å²) in [5.74, 6) is 0.341. The number of rotatable bonds is 12. The topological polar surface area (TPSA) is 67.4 Å². The van der Waals surface area contributed by atoms with Crippen LogP contribution < -0.4 is 15.4 Å². The maximum atomic E-state index is 12.6. The number of amides is 2. The molecule has 3 aromatic carbocycles. The summed E-state index contributed by atoms with van der Waals surface area (Å²) in [6.07, 6.45) is 5.96. The highest BCUT2D eigenvalue weighted by atomic mass is 16.5. The fourth-order valence-corrected chi connectivity index (χ4v) is 3.42. The number of hydrogen-bond acceptors (Lipinski definition) is 3. The van der Waals surface area contributed by atoms with Gasteiger partial charge in [-0.05, 0) is 54.4 Å². The lowest BCUT2D eigenvalue weighted by Crippen LogP contribution is -2.23. The van der Waals surface area contributed by atoms with Gasteiger partial charge in [-0.3, -0.25) is 9.59 Å². The quantitative estimate of drug-likeness (QED) is 0.326. The van der Waals surface area contributed by atoms with Crippen molar-refractivity contribution in [1.82, 2.24) is 5.32 Å². The van der Waals surface area contributed by atoms with Crippen molar-refractivity contribution in [3.63, 3.8) is 0 Å². The second-order valence-electron chi connectivity index (χ2n) is 7.99. The Balaban J connectivity index is 1.49. The van der Waals surface area contributed by atoms with Gasteiger partial charge in [0.25, 0.3) is 11.8 Å². The van der Waals surface area contributed by atoms with Crippen LogP contribution in [0.1, 0.15) is 65.3 Å². The second kappa shape index (κ2) is 13.1. The molecule has 0 saturated heterocycles. The van der Waals surface area contributed by atoms with Crippen LogP contribution in [-0.2, 0) is 6.54 Å². The van der Waals surface area contributed by atoms with Gasteiger partial charge in [-0.1, -0.05) is 69.0 Å². The Morgan fingerprint density at radius 2 is 1.52 bits per heavy atom. The summed E-state index contributed by atoms with van der Waals surface area (Å²) in [4.78, 5) is 25.1. The maximum absolute atomic E-state index is 12.6. The highest BCUT2D eigenvalue weighted by Crippen LogP contribution is 2.16. The molecular formula is C28H32N2O3. The summed E-state index contributed by atoms with van der Waals surface area (Å²) < 4.78 is 5.76. The Bertz CT molecular complexity index is 1020. The molecule has 0 aliphatic carbocycles. The van der Waals surface area contributed by atoms with Crippen LogP contribution in [0.4, 0.5) is 5.69 Å². The summed E-state index contributed by atoms with van der Waals surface area (Å²) in [6.45, 7) is 3.34. The average molecular weight is 445 g/mol. The predicted molar refractivity (Wildman–Crippen MR) is 133 cm³/mol. The third-order valence-electron chi connectivity index (χ3n) is 5.31. The maximum Gasteiger partial charge on any atom is 0.255 e. The van der Waals surface area contributed by atoms with E-state index in [-0.39, 0.29) is 11.8 Å². The fourth-order valence-electron chi connectivity index (χ4n) is 3.42. The Hall–Kier alpha value is -3.60. The molecule has 0 saturated carbocycles. The summed E-state index contributed by atoms with van der Waals surface area (Å²) >= 11 is 0. The molecule has 3 aromatic rings. The predicted octanol–water partition coefficient (Wildman–Crippen LogP) is 6.22. The Kier molecular flexibility index (Phi) is 9.52. The molecule has 0 fully saturated rings. The summed E-state index contributed by atoms with van der Waals surface area (Å²) in [5.41, 5.74) is 2.62. The molecule has 0 atom stereocenters. The molecule has 5 heteroatoms. The zero-order chi connectivity index (χ0) is 23.3. The number of benzene rings is 3. The van der Waals surface area contributed by atoms with Gasteiger partial charge in [0.1, 0.15) is 5.75 Å². The van der Waals surface area contributed by atoms with Gasteiger partial charge in [0.2, 0.25) is 0 Å². The number of nitrogens with one attached hydrogen (secondary N) is 2. The second-order valence-corrected chi connectivity index (χ2v) is 7.99. The zero-order valence-electron chi connectivity index (χ0n) is 19.2. The highest BCUT2D eigenvalue weighted by molar-refractivity contribution is 6.05. The van der Waals surface area contributed by atoms with Crippen LogP contribution in [0.15, 0.2) is 78.9 Å². The molecular weight excluding hydrogens is 412 g/mol. The molecule has 0 aliphatic heterocycles. The minimum Gasteiger partial charge on any atom is -0.494 e. The van der Waals surface area contributed by atoms with Crippen LogP contribution in [0, 0.1) is 0 Å². The summed E-state index contributed by atoms with van der Waals surface area (Å²) in [7, 11) is 0. The van der Waals surface area contributed by atoms with E-state index in [2.05, 4.69) is 17.6 Å². The molecule has 0 radical (unpaired) electrons. The lowest BCUT2D eigenvalue weighted by atomic mass is 10.1. The van der Waals surface area contributed by atoms with Crippen molar-refractivity contribution >= 4 is 17.5 Å². The Morgan fingerprint density at radius 1 is 0.758 bits per heavy atom. The third kappa shape index (κ3) is 8.11. The van der Waals surface area contributed by atoms with Crippen LogP contribution in [0.25, 0.3) is 0 Å². The average Bonchev–Trinajstić information content (AvgIpc) is 2.86. The Morgan fingerprint density at radius 3 is 2.27 bits per heavy atom. The molecule has 0 spiro atoms. The largest absolute Gasteiger partial charge is 0.494 e. The standard InChI is InChI=1S/C28H32N2O3/c1-2-3-4-5-9-19-33-26-17-15-23(16-18-26)28(32)30-25-14-10-13-24(20-25)27(31)29-21-22-11-7-6-8-12-22/h6-8,10-18,20H,2-5,9,19,21H2,1H3,(H,29,31)(H,30,32). The first-order valence-corrected chi connectivity index (χ1v) is 11.6. The van der Waals surface area contributed by atoms with Crippen LogP contribution in [-0.4, -0.2) is 18.4 Å². The van der Waals surface area contributed by atoms with Gasteiger partial charge in [-0.25, -0.2) is 0 Å². The smallest absolute Gasteiger partial charge is 0.255 e. The first kappa shape index (κ1) is 24.1. The summed E-state index contributed by atoms with van der Waals surface area (Å²) in [5, 5.41) is 5.76. The number of anilines is 1. The van der Waals surface area contributed by atoms with E-state index in [0.29, 0.717) is 30.0 Å². The van der Waals surface area contributed by atoms with Gasteiger partial charge in [0, 0.05) is 23.4 Å². The number of carbonyl (C=O) groups excluding carboxylic acids is 2. The molecule has 0 bridgehead atoms. The van der Waals surface area contributed by atoms with E-state index in [1.165, 1.54) is 25.7 Å².